The second-order valence-corrected chi connectivity index (χ2v) is 10.1. The van der Waals surface area contributed by atoms with Crippen LogP contribution < -0.4 is 10.3 Å². The van der Waals surface area contributed by atoms with E-state index in [9.17, 15) is 4.79 Å². The second kappa shape index (κ2) is 10.8. The number of nitrogens with zero attached hydrogens (tertiary/aromatic N) is 3. The Morgan fingerprint density at radius 1 is 1.12 bits per heavy atom. The fourth-order valence-electron chi connectivity index (χ4n) is 3.49. The van der Waals surface area contributed by atoms with Crippen LogP contribution in [-0.4, -0.2) is 15.9 Å². The van der Waals surface area contributed by atoms with Gasteiger partial charge in [0.1, 0.15) is 18.2 Å². The summed E-state index contributed by atoms with van der Waals surface area (Å²) in [5.41, 5.74) is 3.30. The first-order valence-corrected chi connectivity index (χ1v) is 12.7. The zero-order chi connectivity index (χ0) is 24.2. The number of ether oxygens (including phenoxy) is 1. The molecule has 0 amide bonds. The van der Waals surface area contributed by atoms with E-state index in [4.69, 9.17) is 16.3 Å². The summed E-state index contributed by atoms with van der Waals surface area (Å²) in [5.74, 6) is 1.19. The second-order valence-electron chi connectivity index (χ2n) is 7.88. The smallest absolute Gasteiger partial charge is 0.282 e. The molecule has 34 heavy (non-hydrogen) atoms. The van der Waals surface area contributed by atoms with Crippen molar-refractivity contribution in [1.29, 1.82) is 0 Å². The summed E-state index contributed by atoms with van der Waals surface area (Å²) in [6.07, 6.45) is 3.04. The molecule has 0 aliphatic rings. The van der Waals surface area contributed by atoms with Crippen molar-refractivity contribution in [3.8, 4) is 5.75 Å². The van der Waals surface area contributed by atoms with Crippen LogP contribution in [0.2, 0.25) is 5.02 Å². The molecule has 4 aromatic rings. The van der Waals surface area contributed by atoms with Crippen molar-refractivity contribution >= 4 is 60.6 Å². The molecule has 0 saturated heterocycles. The Kier molecular flexibility index (Phi) is 7.86. The molecule has 1 heterocycles. The minimum atomic E-state index is -0.228. The molecule has 1 aromatic heterocycles. The average Bonchev–Trinajstić information content (AvgIpc) is 2.80. The third kappa shape index (κ3) is 5.59. The molecule has 0 bridgehead atoms. The Hall–Kier alpha value is -2.48. The highest BCUT2D eigenvalue weighted by atomic mass is 79.9. The average molecular weight is 604 g/mol. The van der Waals surface area contributed by atoms with Gasteiger partial charge in [0.2, 0.25) is 0 Å². The van der Waals surface area contributed by atoms with E-state index in [0.29, 0.717) is 50.6 Å². The van der Waals surface area contributed by atoms with E-state index in [-0.39, 0.29) is 5.56 Å². The number of hydrogen-bond acceptors (Lipinski definition) is 4. The molecule has 8 heteroatoms. The minimum absolute atomic E-state index is 0.228. The summed E-state index contributed by atoms with van der Waals surface area (Å²) >= 11 is 13.3. The van der Waals surface area contributed by atoms with Crippen molar-refractivity contribution in [2.24, 2.45) is 5.10 Å². The molecule has 4 rings (SSSR count). The molecule has 0 aliphatic carbocycles. The lowest BCUT2D eigenvalue weighted by atomic mass is 10.1. The van der Waals surface area contributed by atoms with Crippen molar-refractivity contribution in [1.82, 2.24) is 9.66 Å². The third-order valence-electron chi connectivity index (χ3n) is 5.20. The lowest BCUT2D eigenvalue weighted by Crippen LogP contribution is -2.22. The SMILES string of the molecule is CCCc1nc2ccc(Br)cc2c(=O)n1N=Cc1cc(Cl)cc(Br)c1OCc1ccc(C)cc1. The molecule has 0 aliphatic heterocycles. The number of hydrogen-bond donors (Lipinski definition) is 0. The lowest BCUT2D eigenvalue weighted by Gasteiger charge is -2.13. The maximum absolute atomic E-state index is 13.3. The van der Waals surface area contributed by atoms with E-state index in [1.807, 2.05) is 50.2 Å². The maximum Gasteiger partial charge on any atom is 0.282 e. The van der Waals surface area contributed by atoms with E-state index in [1.165, 1.54) is 10.2 Å². The van der Waals surface area contributed by atoms with Crippen LogP contribution >= 0.6 is 43.5 Å². The van der Waals surface area contributed by atoms with Gasteiger partial charge in [-0.15, -0.1) is 0 Å². The highest BCUT2D eigenvalue weighted by Crippen LogP contribution is 2.32. The van der Waals surface area contributed by atoms with E-state index in [1.54, 1.807) is 24.4 Å². The van der Waals surface area contributed by atoms with Gasteiger partial charge in [-0.1, -0.05) is 64.3 Å². The van der Waals surface area contributed by atoms with Gasteiger partial charge in [-0.2, -0.15) is 9.78 Å². The van der Waals surface area contributed by atoms with Gasteiger partial charge in [0.25, 0.3) is 5.56 Å². The number of benzene rings is 3. The third-order valence-corrected chi connectivity index (χ3v) is 6.50. The van der Waals surface area contributed by atoms with Crippen molar-refractivity contribution in [3.05, 3.63) is 101 Å². The topological polar surface area (TPSA) is 56.5 Å². The fraction of sp³-hybridized carbons (Fsp3) is 0.192. The number of halogens is 3. The molecule has 5 nitrogen and oxygen atoms in total. The predicted octanol–water partition coefficient (Wildman–Crippen LogP) is 7.30. The summed E-state index contributed by atoms with van der Waals surface area (Å²) in [6.45, 7) is 4.47. The number of aryl methyl sites for hydroxylation is 2. The molecule has 0 saturated carbocycles. The van der Waals surface area contributed by atoms with E-state index in [0.717, 1.165) is 16.5 Å². The Morgan fingerprint density at radius 2 is 1.88 bits per heavy atom. The van der Waals surface area contributed by atoms with Gasteiger partial charge in [-0.3, -0.25) is 4.79 Å². The minimum Gasteiger partial charge on any atom is -0.487 e. The van der Waals surface area contributed by atoms with Crippen LogP contribution in [0.3, 0.4) is 0 Å². The Morgan fingerprint density at radius 3 is 2.62 bits per heavy atom. The standard InChI is InChI=1S/C26H22Br2ClN3O2/c1-3-4-24-31-23-10-9-19(27)12-21(23)26(33)32(24)30-14-18-11-20(29)13-22(28)25(18)34-15-17-7-5-16(2)6-8-17/h5-14H,3-4,15H2,1-2H3. The Bertz CT molecular complexity index is 1430. The van der Waals surface area contributed by atoms with Crippen LogP contribution in [0, 0.1) is 6.92 Å². The zero-order valence-corrected chi connectivity index (χ0v) is 22.6. The number of fused-ring (bicyclic) bond motifs is 1. The molecule has 0 spiro atoms. The first-order chi connectivity index (χ1) is 16.4. The van der Waals surface area contributed by atoms with Gasteiger partial charge >= 0.3 is 0 Å². The van der Waals surface area contributed by atoms with Gasteiger partial charge in [0, 0.05) is 21.5 Å². The van der Waals surface area contributed by atoms with Crippen LogP contribution in [0.5, 0.6) is 5.75 Å². The molecule has 3 aromatic carbocycles. The molecule has 174 valence electrons. The largest absolute Gasteiger partial charge is 0.487 e. The maximum atomic E-state index is 13.3. The van der Waals surface area contributed by atoms with Gasteiger partial charge in [-0.25, -0.2) is 4.98 Å². The van der Waals surface area contributed by atoms with Gasteiger partial charge in [0.15, 0.2) is 0 Å². The predicted molar refractivity (Wildman–Crippen MR) is 145 cm³/mol. The van der Waals surface area contributed by atoms with E-state index in [2.05, 4.69) is 41.9 Å². The highest BCUT2D eigenvalue weighted by Gasteiger charge is 2.13. The molecular formula is C26H22Br2ClN3O2. The Balaban J connectivity index is 1.74. The Labute approximate surface area is 219 Å². The number of rotatable bonds is 7. The quantitative estimate of drug-likeness (QED) is 0.208. The first-order valence-electron chi connectivity index (χ1n) is 10.8. The van der Waals surface area contributed by atoms with Gasteiger partial charge in [-0.05, 0) is 65.2 Å². The molecule has 0 unspecified atom stereocenters. The summed E-state index contributed by atoms with van der Waals surface area (Å²) in [7, 11) is 0. The molecule has 0 N–H and O–H groups in total. The first kappa shape index (κ1) is 24.6. The summed E-state index contributed by atoms with van der Waals surface area (Å²) < 4.78 is 9.00. The molecule has 0 atom stereocenters. The number of aromatic nitrogens is 2. The van der Waals surface area contributed by atoms with Crippen LogP contribution in [0.4, 0.5) is 0 Å². The summed E-state index contributed by atoms with van der Waals surface area (Å²) in [5, 5.41) is 5.55. The van der Waals surface area contributed by atoms with Crippen molar-refractivity contribution in [2.75, 3.05) is 0 Å². The van der Waals surface area contributed by atoms with E-state index < -0.39 is 0 Å². The van der Waals surface area contributed by atoms with Crippen molar-refractivity contribution < 1.29 is 4.74 Å². The van der Waals surface area contributed by atoms with Crippen LogP contribution in [0.1, 0.15) is 35.9 Å². The monoisotopic (exact) mass is 601 g/mol. The normalized spacial score (nSPS) is 11.4. The van der Waals surface area contributed by atoms with Crippen molar-refractivity contribution in [2.45, 2.75) is 33.3 Å². The van der Waals surface area contributed by atoms with Crippen LogP contribution in [-0.2, 0) is 13.0 Å². The zero-order valence-electron chi connectivity index (χ0n) is 18.7. The van der Waals surface area contributed by atoms with Crippen LogP contribution in [0.15, 0.2) is 73.4 Å². The van der Waals surface area contributed by atoms with E-state index >= 15 is 0 Å². The lowest BCUT2D eigenvalue weighted by molar-refractivity contribution is 0.304. The van der Waals surface area contributed by atoms with Gasteiger partial charge in [0.05, 0.1) is 21.6 Å². The summed E-state index contributed by atoms with van der Waals surface area (Å²) in [4.78, 5) is 18.0. The molecule has 0 fully saturated rings. The highest BCUT2D eigenvalue weighted by molar-refractivity contribution is 9.10. The molecule has 0 radical (unpaired) electrons. The van der Waals surface area contributed by atoms with Crippen molar-refractivity contribution in [3.63, 3.8) is 0 Å². The molecular weight excluding hydrogens is 582 g/mol. The summed E-state index contributed by atoms with van der Waals surface area (Å²) in [6, 6.07) is 17.2. The fourth-order valence-corrected chi connectivity index (χ4v) is 4.80. The van der Waals surface area contributed by atoms with Crippen LogP contribution in [0.25, 0.3) is 10.9 Å². The van der Waals surface area contributed by atoms with Gasteiger partial charge < -0.3 is 4.74 Å².